The van der Waals surface area contributed by atoms with E-state index in [1.54, 1.807) is 23.0 Å². The average Bonchev–Trinajstić information content (AvgIpc) is 2.96. The predicted octanol–water partition coefficient (Wildman–Crippen LogP) is 3.99. The Kier molecular flexibility index (Phi) is 6.74. The molecule has 136 valence electrons. The molecule has 0 aliphatic carbocycles. The third-order valence-corrected chi connectivity index (χ3v) is 4.02. The van der Waals surface area contributed by atoms with Gasteiger partial charge in [-0.05, 0) is 52.3 Å². The highest BCUT2D eigenvalue weighted by Crippen LogP contribution is 2.32. The summed E-state index contributed by atoms with van der Waals surface area (Å²) < 4.78 is 14.9. The van der Waals surface area contributed by atoms with E-state index in [0.29, 0.717) is 12.1 Å². The monoisotopic (exact) mass is 420 g/mol. The molecule has 1 aromatic heterocycles. The maximum absolute atomic E-state index is 12.2. The molecule has 1 heterocycles. The molecule has 0 saturated carbocycles. The van der Waals surface area contributed by atoms with Gasteiger partial charge in [-0.3, -0.25) is 9.48 Å². The summed E-state index contributed by atoms with van der Waals surface area (Å²) in [5.41, 5.74) is 3.31. The minimum Gasteiger partial charge on any atom is -0.508 e. The lowest BCUT2D eigenvalue weighted by Crippen LogP contribution is -1.95. The van der Waals surface area contributed by atoms with Crippen molar-refractivity contribution < 1.29 is 14.3 Å². The minimum absolute atomic E-state index is 0.231. The fraction of sp³-hybridized carbons (Fsp3) is 0.111. The van der Waals surface area contributed by atoms with E-state index in [9.17, 15) is 14.3 Å². The molecule has 8 heteroatoms. The summed E-state index contributed by atoms with van der Waals surface area (Å²) in [6.07, 6.45) is 2.28. The SMILES string of the molecule is CNc1cc(O)cc(-c2c(Br)cnn2C)c1.O=CNc1ccc(F)cc1. The van der Waals surface area contributed by atoms with Gasteiger partial charge < -0.3 is 15.7 Å². The number of carbonyl (C=O) groups is 1. The Morgan fingerprint density at radius 2 is 1.88 bits per heavy atom. The van der Waals surface area contributed by atoms with Crippen LogP contribution >= 0.6 is 15.9 Å². The highest BCUT2D eigenvalue weighted by Gasteiger charge is 2.10. The molecule has 0 atom stereocenters. The molecule has 0 unspecified atom stereocenters. The van der Waals surface area contributed by atoms with Crippen molar-refractivity contribution in [3.8, 4) is 17.0 Å². The second-order valence-corrected chi connectivity index (χ2v) is 6.11. The topological polar surface area (TPSA) is 79.2 Å². The van der Waals surface area contributed by atoms with Crippen LogP contribution < -0.4 is 10.6 Å². The zero-order valence-electron chi connectivity index (χ0n) is 14.2. The van der Waals surface area contributed by atoms with E-state index < -0.39 is 0 Å². The number of phenolic OH excluding ortho intramolecular Hbond substituents is 1. The largest absolute Gasteiger partial charge is 0.508 e. The van der Waals surface area contributed by atoms with Gasteiger partial charge in [-0.1, -0.05) is 0 Å². The summed E-state index contributed by atoms with van der Waals surface area (Å²) in [6, 6.07) is 10.9. The molecule has 0 bridgehead atoms. The van der Waals surface area contributed by atoms with Gasteiger partial charge in [0.25, 0.3) is 0 Å². The Hall–Kier alpha value is -2.87. The standard InChI is InChI=1S/C11H12BrN3O.C7H6FNO/c1-13-8-3-7(4-9(16)5-8)11-10(12)6-14-15(11)2;8-6-1-3-7(4-2-6)9-5-10/h3-6,13,16H,1-2H3;1-5H,(H,9,10). The normalized spacial score (nSPS) is 9.85. The van der Waals surface area contributed by atoms with E-state index in [-0.39, 0.29) is 11.6 Å². The quantitative estimate of drug-likeness (QED) is 0.557. The molecular formula is C18H18BrFN4O2. The number of halogens is 2. The number of nitrogens with one attached hydrogen (secondary N) is 2. The number of carbonyl (C=O) groups excluding carboxylic acids is 1. The van der Waals surface area contributed by atoms with Gasteiger partial charge in [0, 0.05) is 37.1 Å². The molecule has 0 fully saturated rings. The van der Waals surface area contributed by atoms with Crippen LogP contribution in [-0.2, 0) is 11.8 Å². The van der Waals surface area contributed by atoms with Crippen LogP contribution in [0.2, 0.25) is 0 Å². The smallest absolute Gasteiger partial charge is 0.211 e. The van der Waals surface area contributed by atoms with Gasteiger partial charge in [0.15, 0.2) is 0 Å². The molecule has 0 aliphatic heterocycles. The maximum Gasteiger partial charge on any atom is 0.211 e. The minimum atomic E-state index is -0.309. The first-order valence-corrected chi connectivity index (χ1v) is 8.39. The van der Waals surface area contributed by atoms with Gasteiger partial charge in [-0.2, -0.15) is 5.10 Å². The number of anilines is 2. The summed E-state index contributed by atoms with van der Waals surface area (Å²) in [6.45, 7) is 0. The summed E-state index contributed by atoms with van der Waals surface area (Å²) in [4.78, 5) is 9.85. The number of amides is 1. The third kappa shape index (κ3) is 5.06. The number of phenols is 1. The van der Waals surface area contributed by atoms with E-state index in [4.69, 9.17) is 0 Å². The number of rotatable bonds is 4. The number of aryl methyl sites for hydroxylation is 1. The second-order valence-electron chi connectivity index (χ2n) is 5.25. The molecule has 0 spiro atoms. The Morgan fingerprint density at radius 1 is 1.19 bits per heavy atom. The summed E-state index contributed by atoms with van der Waals surface area (Å²) >= 11 is 3.44. The van der Waals surface area contributed by atoms with Gasteiger partial charge >= 0.3 is 0 Å². The number of benzene rings is 2. The van der Waals surface area contributed by atoms with Crippen molar-refractivity contribution in [1.29, 1.82) is 0 Å². The van der Waals surface area contributed by atoms with Gasteiger partial charge in [0.1, 0.15) is 11.6 Å². The molecule has 26 heavy (non-hydrogen) atoms. The molecule has 6 nitrogen and oxygen atoms in total. The molecule has 0 aliphatic rings. The zero-order chi connectivity index (χ0) is 19.1. The van der Waals surface area contributed by atoms with Crippen LogP contribution in [0.25, 0.3) is 11.3 Å². The third-order valence-electron chi connectivity index (χ3n) is 3.44. The first-order valence-electron chi connectivity index (χ1n) is 7.60. The van der Waals surface area contributed by atoms with Gasteiger partial charge in [0.2, 0.25) is 6.41 Å². The average molecular weight is 421 g/mol. The van der Waals surface area contributed by atoms with Crippen molar-refractivity contribution in [2.75, 3.05) is 17.7 Å². The zero-order valence-corrected chi connectivity index (χ0v) is 15.8. The number of aromatic hydroxyl groups is 1. The Bertz CT molecular complexity index is 862. The van der Waals surface area contributed by atoms with Crippen molar-refractivity contribution in [3.05, 3.63) is 59.0 Å². The lowest BCUT2D eigenvalue weighted by molar-refractivity contribution is -0.105. The molecule has 2 aromatic carbocycles. The van der Waals surface area contributed by atoms with E-state index in [0.717, 1.165) is 21.4 Å². The second kappa shape index (κ2) is 9.00. The van der Waals surface area contributed by atoms with Crippen LogP contribution in [0.5, 0.6) is 5.75 Å². The number of hydrogen-bond donors (Lipinski definition) is 3. The Morgan fingerprint density at radius 3 is 2.42 bits per heavy atom. The van der Waals surface area contributed by atoms with Crippen molar-refractivity contribution in [2.24, 2.45) is 7.05 Å². The molecule has 1 amide bonds. The van der Waals surface area contributed by atoms with Crippen LogP contribution in [0.4, 0.5) is 15.8 Å². The molecule has 0 saturated heterocycles. The van der Waals surface area contributed by atoms with Crippen molar-refractivity contribution in [1.82, 2.24) is 9.78 Å². The fourth-order valence-corrected chi connectivity index (χ4v) is 2.82. The first-order chi connectivity index (χ1) is 12.4. The summed E-state index contributed by atoms with van der Waals surface area (Å²) in [5, 5.41) is 19.2. The van der Waals surface area contributed by atoms with Crippen molar-refractivity contribution >= 4 is 33.7 Å². The Balaban J connectivity index is 0.000000209. The van der Waals surface area contributed by atoms with Crippen LogP contribution in [0.1, 0.15) is 0 Å². The lowest BCUT2D eigenvalue weighted by Gasteiger charge is -2.07. The van der Waals surface area contributed by atoms with Crippen LogP contribution in [0, 0.1) is 5.82 Å². The summed E-state index contributed by atoms with van der Waals surface area (Å²) in [5.74, 6) is -0.0774. The van der Waals surface area contributed by atoms with Gasteiger partial charge in [-0.25, -0.2) is 4.39 Å². The van der Waals surface area contributed by atoms with E-state index in [2.05, 4.69) is 31.7 Å². The molecular weight excluding hydrogens is 403 g/mol. The fourth-order valence-electron chi connectivity index (χ4n) is 2.24. The van der Waals surface area contributed by atoms with Gasteiger partial charge in [0.05, 0.1) is 16.4 Å². The Labute approximate surface area is 158 Å². The molecule has 3 aromatic rings. The number of hydrogen-bond acceptors (Lipinski definition) is 4. The van der Waals surface area contributed by atoms with Crippen LogP contribution in [-0.4, -0.2) is 28.3 Å². The van der Waals surface area contributed by atoms with Gasteiger partial charge in [-0.15, -0.1) is 0 Å². The number of nitrogens with zero attached hydrogens (tertiary/aromatic N) is 2. The van der Waals surface area contributed by atoms with Crippen LogP contribution in [0.3, 0.4) is 0 Å². The molecule has 0 radical (unpaired) electrons. The predicted molar refractivity (Wildman–Crippen MR) is 104 cm³/mol. The summed E-state index contributed by atoms with van der Waals surface area (Å²) in [7, 11) is 3.68. The van der Waals surface area contributed by atoms with E-state index in [1.807, 2.05) is 20.2 Å². The van der Waals surface area contributed by atoms with Crippen molar-refractivity contribution in [2.45, 2.75) is 0 Å². The maximum atomic E-state index is 12.2. The van der Waals surface area contributed by atoms with Crippen LogP contribution in [0.15, 0.2) is 53.1 Å². The van der Waals surface area contributed by atoms with E-state index >= 15 is 0 Å². The molecule has 3 rings (SSSR count). The van der Waals surface area contributed by atoms with Crippen molar-refractivity contribution in [3.63, 3.8) is 0 Å². The highest BCUT2D eigenvalue weighted by atomic mass is 79.9. The highest BCUT2D eigenvalue weighted by molar-refractivity contribution is 9.10. The first kappa shape index (κ1) is 19.5. The van der Waals surface area contributed by atoms with E-state index in [1.165, 1.54) is 24.3 Å². The molecule has 3 N–H and O–H groups in total. The number of aromatic nitrogens is 2. The lowest BCUT2D eigenvalue weighted by atomic mass is 10.1.